The lowest BCUT2D eigenvalue weighted by molar-refractivity contribution is -0.134. The SMILES string of the molecule is Cc1ccc(C2=NN(C(=O)CN3CCCC3)[C@H](c3ccccc3F)C2)c(C)c1. The third kappa shape index (κ3) is 3.72. The molecule has 1 atom stereocenters. The summed E-state index contributed by atoms with van der Waals surface area (Å²) >= 11 is 0. The molecule has 1 amide bonds. The Morgan fingerprint density at radius 3 is 2.61 bits per heavy atom. The van der Waals surface area contributed by atoms with E-state index >= 15 is 0 Å². The van der Waals surface area contributed by atoms with E-state index in [0.717, 1.165) is 42.8 Å². The average Bonchev–Trinajstić information content (AvgIpc) is 3.32. The molecule has 2 heterocycles. The van der Waals surface area contributed by atoms with Crippen LogP contribution in [-0.4, -0.2) is 41.2 Å². The van der Waals surface area contributed by atoms with Crippen LogP contribution in [0.2, 0.25) is 0 Å². The van der Waals surface area contributed by atoms with Crippen LogP contribution in [0.15, 0.2) is 47.6 Å². The molecule has 4 rings (SSSR count). The zero-order valence-electron chi connectivity index (χ0n) is 16.5. The van der Waals surface area contributed by atoms with Crippen molar-refractivity contribution < 1.29 is 9.18 Å². The molecule has 0 aliphatic carbocycles. The molecule has 0 N–H and O–H groups in total. The van der Waals surface area contributed by atoms with Crippen molar-refractivity contribution in [2.45, 2.75) is 39.2 Å². The minimum Gasteiger partial charge on any atom is -0.294 e. The summed E-state index contributed by atoms with van der Waals surface area (Å²) in [6.07, 6.45) is 2.78. The van der Waals surface area contributed by atoms with Gasteiger partial charge in [-0.25, -0.2) is 9.40 Å². The number of hydrogen-bond acceptors (Lipinski definition) is 3. The molecule has 2 aromatic rings. The molecule has 2 aliphatic rings. The Hall–Kier alpha value is -2.53. The Bertz CT molecular complexity index is 918. The second kappa shape index (κ2) is 7.84. The van der Waals surface area contributed by atoms with E-state index in [1.165, 1.54) is 16.6 Å². The Kier molecular flexibility index (Phi) is 5.27. The predicted molar refractivity (Wildman–Crippen MR) is 109 cm³/mol. The van der Waals surface area contributed by atoms with Crippen molar-refractivity contribution >= 4 is 11.6 Å². The lowest BCUT2D eigenvalue weighted by Crippen LogP contribution is -2.37. The van der Waals surface area contributed by atoms with Crippen LogP contribution in [0.5, 0.6) is 0 Å². The molecule has 28 heavy (non-hydrogen) atoms. The number of likely N-dealkylation sites (tertiary alicyclic amines) is 1. The summed E-state index contributed by atoms with van der Waals surface area (Å²) < 4.78 is 14.5. The maximum atomic E-state index is 14.5. The zero-order chi connectivity index (χ0) is 19.7. The first kappa shape index (κ1) is 18.8. The average molecular weight is 379 g/mol. The summed E-state index contributed by atoms with van der Waals surface area (Å²) in [5, 5.41) is 6.22. The topological polar surface area (TPSA) is 35.9 Å². The molecule has 1 fully saturated rings. The molecule has 0 bridgehead atoms. The highest BCUT2D eigenvalue weighted by molar-refractivity contribution is 6.04. The summed E-state index contributed by atoms with van der Waals surface area (Å²) in [7, 11) is 0. The summed E-state index contributed by atoms with van der Waals surface area (Å²) in [6, 6.07) is 12.5. The van der Waals surface area contributed by atoms with Gasteiger partial charge >= 0.3 is 0 Å². The largest absolute Gasteiger partial charge is 0.294 e. The second-order valence-electron chi connectivity index (χ2n) is 7.83. The van der Waals surface area contributed by atoms with Crippen molar-refractivity contribution in [2.24, 2.45) is 5.10 Å². The van der Waals surface area contributed by atoms with Crippen molar-refractivity contribution in [1.82, 2.24) is 9.91 Å². The van der Waals surface area contributed by atoms with Gasteiger partial charge in [0.25, 0.3) is 5.91 Å². The number of hydrazone groups is 1. The molecule has 5 heteroatoms. The number of carbonyl (C=O) groups excluding carboxylic acids is 1. The van der Waals surface area contributed by atoms with Crippen molar-refractivity contribution in [3.63, 3.8) is 0 Å². The van der Waals surface area contributed by atoms with E-state index in [9.17, 15) is 9.18 Å². The first-order chi connectivity index (χ1) is 13.5. The highest BCUT2D eigenvalue weighted by atomic mass is 19.1. The molecule has 0 aromatic heterocycles. The van der Waals surface area contributed by atoms with Gasteiger partial charge in [-0.05, 0) is 51.4 Å². The van der Waals surface area contributed by atoms with Gasteiger partial charge in [0.1, 0.15) is 5.82 Å². The van der Waals surface area contributed by atoms with E-state index in [1.807, 2.05) is 6.07 Å². The fourth-order valence-electron chi connectivity index (χ4n) is 4.23. The molecule has 0 radical (unpaired) electrons. The van der Waals surface area contributed by atoms with E-state index in [-0.39, 0.29) is 11.7 Å². The fraction of sp³-hybridized carbons (Fsp3) is 0.391. The molecule has 2 aromatic carbocycles. The van der Waals surface area contributed by atoms with Crippen LogP contribution in [-0.2, 0) is 4.79 Å². The molecule has 0 spiro atoms. The third-order valence-electron chi connectivity index (χ3n) is 5.68. The van der Waals surface area contributed by atoms with Crippen LogP contribution in [0.25, 0.3) is 0 Å². The molecule has 2 aliphatic heterocycles. The quantitative estimate of drug-likeness (QED) is 0.798. The number of hydrogen-bond donors (Lipinski definition) is 0. The predicted octanol–water partition coefficient (Wildman–Crippen LogP) is 4.22. The van der Waals surface area contributed by atoms with E-state index in [4.69, 9.17) is 5.10 Å². The summed E-state index contributed by atoms with van der Waals surface area (Å²) in [6.45, 7) is 6.34. The maximum absolute atomic E-state index is 14.5. The number of benzene rings is 2. The monoisotopic (exact) mass is 379 g/mol. The highest BCUT2D eigenvalue weighted by Crippen LogP contribution is 2.35. The standard InChI is InChI=1S/C23H26FN3O/c1-16-9-10-18(17(2)13-16)21-14-22(19-7-3-4-8-20(19)24)27(25-21)23(28)15-26-11-5-6-12-26/h3-4,7-10,13,22H,5-6,11-12,14-15H2,1-2H3/t22-/m0/s1. The Morgan fingerprint density at radius 1 is 1.14 bits per heavy atom. The molecule has 0 unspecified atom stereocenters. The van der Waals surface area contributed by atoms with Gasteiger partial charge in [-0.15, -0.1) is 0 Å². The van der Waals surface area contributed by atoms with Gasteiger partial charge in [-0.2, -0.15) is 5.10 Å². The third-order valence-corrected chi connectivity index (χ3v) is 5.68. The first-order valence-electron chi connectivity index (χ1n) is 9.97. The number of aryl methyl sites for hydroxylation is 2. The second-order valence-corrected chi connectivity index (χ2v) is 7.83. The Labute approximate surface area is 165 Å². The normalized spacial score (nSPS) is 19.9. The highest BCUT2D eigenvalue weighted by Gasteiger charge is 2.35. The van der Waals surface area contributed by atoms with E-state index in [1.54, 1.807) is 12.1 Å². The first-order valence-corrected chi connectivity index (χ1v) is 9.97. The van der Waals surface area contributed by atoms with Gasteiger partial charge in [0.2, 0.25) is 0 Å². The summed E-state index contributed by atoms with van der Waals surface area (Å²) in [4.78, 5) is 15.2. The van der Waals surface area contributed by atoms with Crippen LogP contribution >= 0.6 is 0 Å². The van der Waals surface area contributed by atoms with Crippen molar-refractivity contribution in [3.05, 3.63) is 70.5 Å². The lowest BCUT2D eigenvalue weighted by Gasteiger charge is -2.24. The zero-order valence-corrected chi connectivity index (χ0v) is 16.5. The van der Waals surface area contributed by atoms with Crippen LogP contribution in [0.4, 0.5) is 4.39 Å². The molecule has 0 saturated carbocycles. The lowest BCUT2D eigenvalue weighted by atomic mass is 9.95. The van der Waals surface area contributed by atoms with Gasteiger partial charge < -0.3 is 0 Å². The van der Waals surface area contributed by atoms with Crippen LogP contribution in [0, 0.1) is 19.7 Å². The van der Waals surface area contributed by atoms with Crippen molar-refractivity contribution in [1.29, 1.82) is 0 Å². The number of amides is 1. The van der Waals surface area contributed by atoms with Crippen molar-refractivity contribution in [2.75, 3.05) is 19.6 Å². The summed E-state index contributed by atoms with van der Waals surface area (Å²) in [5.41, 5.74) is 4.72. The van der Waals surface area contributed by atoms with Crippen molar-refractivity contribution in [3.8, 4) is 0 Å². The number of halogens is 1. The Balaban J connectivity index is 1.67. The van der Waals surface area contributed by atoms with Gasteiger partial charge in [0.05, 0.1) is 18.3 Å². The molecular formula is C23H26FN3O. The van der Waals surface area contributed by atoms with Gasteiger partial charge in [-0.1, -0.05) is 42.0 Å². The van der Waals surface area contributed by atoms with E-state index in [0.29, 0.717) is 18.5 Å². The number of carbonyl (C=O) groups is 1. The molecule has 1 saturated heterocycles. The van der Waals surface area contributed by atoms with Gasteiger partial charge in [0, 0.05) is 17.5 Å². The van der Waals surface area contributed by atoms with Gasteiger partial charge in [-0.3, -0.25) is 9.69 Å². The molecule has 146 valence electrons. The van der Waals surface area contributed by atoms with Gasteiger partial charge in [0.15, 0.2) is 0 Å². The molecular weight excluding hydrogens is 353 g/mol. The van der Waals surface area contributed by atoms with Crippen LogP contribution < -0.4 is 0 Å². The maximum Gasteiger partial charge on any atom is 0.257 e. The Morgan fingerprint density at radius 2 is 1.89 bits per heavy atom. The minimum absolute atomic E-state index is 0.0603. The summed E-state index contributed by atoms with van der Waals surface area (Å²) in [5.74, 6) is -0.349. The molecule has 4 nitrogen and oxygen atoms in total. The van der Waals surface area contributed by atoms with Crippen LogP contribution in [0.1, 0.15) is 47.6 Å². The van der Waals surface area contributed by atoms with E-state index < -0.39 is 6.04 Å². The van der Waals surface area contributed by atoms with E-state index in [2.05, 4.69) is 36.9 Å². The number of nitrogens with zero attached hydrogens (tertiary/aromatic N) is 3. The smallest absolute Gasteiger partial charge is 0.257 e. The minimum atomic E-state index is -0.396. The fourth-order valence-corrected chi connectivity index (χ4v) is 4.23. The number of rotatable bonds is 4. The van der Waals surface area contributed by atoms with Crippen LogP contribution in [0.3, 0.4) is 0 Å².